The van der Waals surface area contributed by atoms with Gasteiger partial charge in [0.1, 0.15) is 0 Å². The van der Waals surface area contributed by atoms with E-state index in [0.717, 1.165) is 13.1 Å². The minimum absolute atomic E-state index is 0.146. The molecule has 1 atom stereocenters. The molecule has 4 heteroatoms. The van der Waals surface area contributed by atoms with E-state index in [-0.39, 0.29) is 11.9 Å². The lowest BCUT2D eigenvalue weighted by molar-refractivity contribution is -0.122. The number of nitrogens with zero attached hydrogens (tertiary/aromatic N) is 1. The molecule has 0 radical (unpaired) electrons. The third kappa shape index (κ3) is 4.18. The molecule has 1 saturated heterocycles. The Bertz CT molecular complexity index is 206. The first kappa shape index (κ1) is 12.5. The molecule has 0 spiro atoms. The summed E-state index contributed by atoms with van der Waals surface area (Å²) in [5, 5.41) is 6.11. The number of nitrogens with one attached hydrogen (secondary N) is 2. The second-order valence-corrected chi connectivity index (χ2v) is 4.55. The normalized spacial score (nSPS) is 22.3. The van der Waals surface area contributed by atoms with Crippen LogP contribution in [0.3, 0.4) is 0 Å². The first-order chi connectivity index (χ1) is 7.13. The third-order valence-electron chi connectivity index (χ3n) is 2.74. The summed E-state index contributed by atoms with van der Waals surface area (Å²) in [5.74, 6) is 0.146. The molecule has 0 aromatic rings. The molecule has 2 N–H and O–H groups in total. The monoisotopic (exact) mass is 213 g/mol. The Balaban J connectivity index is 2.33. The summed E-state index contributed by atoms with van der Waals surface area (Å²) in [7, 11) is 1.96. The first-order valence-corrected chi connectivity index (χ1v) is 5.81. The van der Waals surface area contributed by atoms with Crippen LogP contribution in [0, 0.1) is 0 Å². The molecule has 0 aliphatic carbocycles. The van der Waals surface area contributed by atoms with Crippen molar-refractivity contribution in [3.05, 3.63) is 0 Å². The Kier molecular flexibility index (Phi) is 5.05. The lowest BCUT2D eigenvalue weighted by Crippen LogP contribution is -2.44. The van der Waals surface area contributed by atoms with Gasteiger partial charge in [-0.2, -0.15) is 0 Å². The highest BCUT2D eigenvalue weighted by Gasteiger charge is 2.25. The summed E-state index contributed by atoms with van der Waals surface area (Å²) in [6.07, 6.45) is 2.41. The van der Waals surface area contributed by atoms with Gasteiger partial charge in [0, 0.05) is 18.6 Å². The van der Waals surface area contributed by atoms with E-state index in [1.807, 2.05) is 20.9 Å². The van der Waals surface area contributed by atoms with E-state index < -0.39 is 0 Å². The Morgan fingerprint density at radius 3 is 2.87 bits per heavy atom. The van der Waals surface area contributed by atoms with Crippen LogP contribution >= 0.6 is 0 Å². The van der Waals surface area contributed by atoms with Crippen molar-refractivity contribution in [2.24, 2.45) is 0 Å². The number of carbonyl (C=O) groups excluding carboxylic acids is 1. The molecule has 1 amide bonds. The van der Waals surface area contributed by atoms with Crippen molar-refractivity contribution in [1.29, 1.82) is 0 Å². The van der Waals surface area contributed by atoms with Gasteiger partial charge in [0.2, 0.25) is 5.91 Å². The molecule has 0 aromatic carbocycles. The van der Waals surface area contributed by atoms with Gasteiger partial charge in [-0.25, -0.2) is 0 Å². The molecule has 0 bridgehead atoms. The zero-order valence-corrected chi connectivity index (χ0v) is 10.0. The molecule has 1 rings (SSSR count). The highest BCUT2D eigenvalue weighted by Crippen LogP contribution is 2.15. The standard InChI is InChI=1S/C11H23N3O/c1-9(2)13-11(15)8-14-6-4-5-10(14)7-12-3/h9-10,12H,4-8H2,1-3H3,(H,13,15). The largest absolute Gasteiger partial charge is 0.353 e. The Hall–Kier alpha value is -0.610. The average molecular weight is 213 g/mol. The van der Waals surface area contributed by atoms with E-state index in [9.17, 15) is 4.79 Å². The number of likely N-dealkylation sites (tertiary alicyclic amines) is 1. The predicted molar refractivity (Wildman–Crippen MR) is 61.8 cm³/mol. The Morgan fingerprint density at radius 1 is 1.53 bits per heavy atom. The maximum atomic E-state index is 11.6. The van der Waals surface area contributed by atoms with E-state index >= 15 is 0 Å². The van der Waals surface area contributed by atoms with Crippen LogP contribution in [0.15, 0.2) is 0 Å². The van der Waals surface area contributed by atoms with Crippen molar-refractivity contribution in [2.75, 3.05) is 26.7 Å². The van der Waals surface area contributed by atoms with Gasteiger partial charge in [0.05, 0.1) is 6.54 Å². The number of likely N-dealkylation sites (N-methyl/N-ethyl adjacent to an activating group) is 1. The molecule has 1 aliphatic rings. The van der Waals surface area contributed by atoms with Crippen molar-refractivity contribution in [1.82, 2.24) is 15.5 Å². The summed E-state index contributed by atoms with van der Waals surface area (Å²) in [4.78, 5) is 13.9. The summed E-state index contributed by atoms with van der Waals surface area (Å²) in [6.45, 7) is 6.57. The fraction of sp³-hybridized carbons (Fsp3) is 0.909. The van der Waals surface area contributed by atoms with Gasteiger partial charge in [0.25, 0.3) is 0 Å². The van der Waals surface area contributed by atoms with Crippen molar-refractivity contribution in [2.45, 2.75) is 38.8 Å². The van der Waals surface area contributed by atoms with Crippen LogP contribution in [0.25, 0.3) is 0 Å². The zero-order valence-electron chi connectivity index (χ0n) is 10.0. The minimum Gasteiger partial charge on any atom is -0.353 e. The van der Waals surface area contributed by atoms with Crippen LogP contribution in [0.1, 0.15) is 26.7 Å². The molecule has 1 fully saturated rings. The summed E-state index contributed by atoms with van der Waals surface area (Å²) in [6, 6.07) is 0.774. The van der Waals surface area contributed by atoms with Crippen molar-refractivity contribution in [3.63, 3.8) is 0 Å². The van der Waals surface area contributed by atoms with Crippen molar-refractivity contribution < 1.29 is 4.79 Å². The van der Waals surface area contributed by atoms with Gasteiger partial charge >= 0.3 is 0 Å². The smallest absolute Gasteiger partial charge is 0.234 e. The highest BCUT2D eigenvalue weighted by atomic mass is 16.2. The molecule has 4 nitrogen and oxygen atoms in total. The molecule has 0 saturated carbocycles. The zero-order chi connectivity index (χ0) is 11.3. The van der Waals surface area contributed by atoms with Gasteiger partial charge in [-0.05, 0) is 40.3 Å². The molecule has 1 heterocycles. The molecular formula is C11H23N3O. The van der Waals surface area contributed by atoms with Crippen LogP contribution in [0.5, 0.6) is 0 Å². The molecule has 0 aromatic heterocycles. The second kappa shape index (κ2) is 6.08. The number of hydrogen-bond acceptors (Lipinski definition) is 3. The SMILES string of the molecule is CNCC1CCCN1CC(=O)NC(C)C. The van der Waals surface area contributed by atoms with Crippen molar-refractivity contribution in [3.8, 4) is 0 Å². The van der Waals surface area contributed by atoms with E-state index in [2.05, 4.69) is 15.5 Å². The van der Waals surface area contributed by atoms with Crippen molar-refractivity contribution >= 4 is 5.91 Å². The van der Waals surface area contributed by atoms with E-state index in [1.165, 1.54) is 12.8 Å². The van der Waals surface area contributed by atoms with Gasteiger partial charge in [-0.1, -0.05) is 0 Å². The van der Waals surface area contributed by atoms with E-state index in [4.69, 9.17) is 0 Å². The average Bonchev–Trinajstić information content (AvgIpc) is 2.52. The summed E-state index contributed by atoms with van der Waals surface area (Å²) in [5.41, 5.74) is 0. The van der Waals surface area contributed by atoms with Crippen LogP contribution in [0.4, 0.5) is 0 Å². The molecule has 15 heavy (non-hydrogen) atoms. The maximum absolute atomic E-state index is 11.6. The fourth-order valence-electron chi connectivity index (χ4n) is 2.12. The Morgan fingerprint density at radius 2 is 2.27 bits per heavy atom. The molecular weight excluding hydrogens is 190 g/mol. The van der Waals surface area contributed by atoms with E-state index in [0.29, 0.717) is 12.6 Å². The minimum atomic E-state index is 0.146. The molecule has 1 aliphatic heterocycles. The summed E-state index contributed by atoms with van der Waals surface area (Å²) < 4.78 is 0. The van der Waals surface area contributed by atoms with Crippen LogP contribution in [-0.2, 0) is 4.79 Å². The van der Waals surface area contributed by atoms with Gasteiger partial charge in [0.15, 0.2) is 0 Å². The lowest BCUT2D eigenvalue weighted by Gasteiger charge is -2.24. The lowest BCUT2D eigenvalue weighted by atomic mass is 10.2. The van der Waals surface area contributed by atoms with Gasteiger partial charge in [-0.3, -0.25) is 9.69 Å². The summed E-state index contributed by atoms with van der Waals surface area (Å²) >= 11 is 0. The van der Waals surface area contributed by atoms with Crippen LogP contribution < -0.4 is 10.6 Å². The Labute approximate surface area is 92.4 Å². The maximum Gasteiger partial charge on any atom is 0.234 e. The highest BCUT2D eigenvalue weighted by molar-refractivity contribution is 5.78. The fourth-order valence-corrected chi connectivity index (χ4v) is 2.12. The number of rotatable bonds is 5. The van der Waals surface area contributed by atoms with Crippen LogP contribution in [0.2, 0.25) is 0 Å². The van der Waals surface area contributed by atoms with Gasteiger partial charge < -0.3 is 10.6 Å². The second-order valence-electron chi connectivity index (χ2n) is 4.55. The molecule has 1 unspecified atom stereocenters. The number of carbonyl (C=O) groups is 1. The first-order valence-electron chi connectivity index (χ1n) is 5.81. The molecule has 88 valence electrons. The predicted octanol–water partition coefficient (Wildman–Crippen LogP) is 0.195. The topological polar surface area (TPSA) is 44.4 Å². The van der Waals surface area contributed by atoms with Gasteiger partial charge in [-0.15, -0.1) is 0 Å². The number of hydrogen-bond donors (Lipinski definition) is 2. The number of amides is 1. The third-order valence-corrected chi connectivity index (χ3v) is 2.74. The van der Waals surface area contributed by atoms with E-state index in [1.54, 1.807) is 0 Å². The van der Waals surface area contributed by atoms with Crippen LogP contribution in [-0.4, -0.2) is 49.6 Å². The quantitative estimate of drug-likeness (QED) is 0.685.